The molecule has 5 nitrogen and oxygen atoms in total. The fraction of sp³-hybridized carbons (Fsp3) is 0.600. The summed E-state index contributed by atoms with van der Waals surface area (Å²) in [4.78, 5) is 17.4. The van der Waals surface area contributed by atoms with Crippen LogP contribution in [0.3, 0.4) is 0 Å². The number of hydrogen-bond donors (Lipinski definition) is 1. The van der Waals surface area contributed by atoms with Gasteiger partial charge in [-0.1, -0.05) is 0 Å². The molecule has 128 valence electrons. The van der Waals surface area contributed by atoms with Gasteiger partial charge in [0.2, 0.25) is 0 Å². The molecule has 0 saturated carbocycles. The van der Waals surface area contributed by atoms with E-state index in [4.69, 9.17) is 4.74 Å². The van der Waals surface area contributed by atoms with Gasteiger partial charge >= 0.3 is 12.3 Å². The summed E-state index contributed by atoms with van der Waals surface area (Å²) >= 11 is 0. The van der Waals surface area contributed by atoms with Gasteiger partial charge in [0.25, 0.3) is 0 Å². The van der Waals surface area contributed by atoms with Crippen LogP contribution in [-0.4, -0.2) is 35.8 Å². The summed E-state index contributed by atoms with van der Waals surface area (Å²) in [5.41, 5.74) is -1.00. The molecule has 1 aromatic heterocycles. The van der Waals surface area contributed by atoms with Crippen LogP contribution in [0.4, 0.5) is 23.8 Å². The smallest absolute Gasteiger partial charge is 0.416 e. The molecule has 1 aliphatic rings. The molecule has 0 unspecified atom stereocenters. The third kappa shape index (κ3) is 4.74. The third-order valence-electron chi connectivity index (χ3n) is 3.19. The minimum absolute atomic E-state index is 0.165. The number of carbonyl (C=O) groups is 1. The molecule has 1 N–H and O–H groups in total. The topological polar surface area (TPSA) is 54.5 Å². The summed E-state index contributed by atoms with van der Waals surface area (Å²) < 4.78 is 43.6. The number of anilines is 1. The number of halogens is 3. The molecule has 0 aromatic carbocycles. The normalized spacial score (nSPS) is 16.0. The standard InChI is InChI=1S/C15H20F3N3O2/c1-9-5-10(15(16,17)18)6-12(19-9)21-7-11(8-21)20-13(22)23-14(2,3)4/h5-6,11H,7-8H2,1-4H3,(H,20,22). The van der Waals surface area contributed by atoms with Crippen LogP contribution in [0.1, 0.15) is 32.0 Å². The Hall–Kier alpha value is -1.99. The molecule has 2 heterocycles. The van der Waals surface area contributed by atoms with E-state index in [1.807, 2.05) is 0 Å². The van der Waals surface area contributed by atoms with E-state index >= 15 is 0 Å². The molecular formula is C15H20F3N3O2. The second-order valence-electron chi connectivity index (χ2n) is 6.60. The largest absolute Gasteiger partial charge is 0.444 e. The molecule has 1 aliphatic heterocycles. The Morgan fingerprint density at radius 2 is 1.91 bits per heavy atom. The maximum atomic E-state index is 12.8. The minimum Gasteiger partial charge on any atom is -0.444 e. The molecule has 1 saturated heterocycles. The summed E-state index contributed by atoms with van der Waals surface area (Å²) in [5.74, 6) is 0.263. The van der Waals surface area contributed by atoms with Crippen molar-refractivity contribution < 1.29 is 22.7 Å². The van der Waals surface area contributed by atoms with E-state index in [0.29, 0.717) is 18.8 Å². The Kier molecular flexibility index (Phi) is 4.45. The number of amides is 1. The number of hydrogen-bond acceptors (Lipinski definition) is 4. The molecule has 0 radical (unpaired) electrons. The molecule has 1 amide bonds. The maximum absolute atomic E-state index is 12.8. The fourth-order valence-corrected chi connectivity index (χ4v) is 2.21. The zero-order chi connectivity index (χ0) is 17.4. The second-order valence-corrected chi connectivity index (χ2v) is 6.60. The highest BCUT2D eigenvalue weighted by Crippen LogP contribution is 2.32. The van der Waals surface area contributed by atoms with Gasteiger partial charge in [-0.05, 0) is 39.8 Å². The van der Waals surface area contributed by atoms with Gasteiger partial charge in [-0.2, -0.15) is 13.2 Å². The quantitative estimate of drug-likeness (QED) is 0.905. The van der Waals surface area contributed by atoms with Crippen LogP contribution in [0.5, 0.6) is 0 Å². The highest BCUT2D eigenvalue weighted by atomic mass is 19.4. The number of ether oxygens (including phenoxy) is 1. The summed E-state index contributed by atoms with van der Waals surface area (Å²) in [5, 5.41) is 2.68. The number of aryl methyl sites for hydroxylation is 1. The van der Waals surface area contributed by atoms with Crippen molar-refractivity contribution in [3.63, 3.8) is 0 Å². The zero-order valence-corrected chi connectivity index (χ0v) is 13.5. The van der Waals surface area contributed by atoms with E-state index in [1.54, 1.807) is 25.7 Å². The summed E-state index contributed by atoms with van der Waals surface area (Å²) in [6.07, 6.45) is -4.93. The highest BCUT2D eigenvalue weighted by Gasteiger charge is 2.34. The Bertz CT molecular complexity index is 591. The lowest BCUT2D eigenvalue weighted by molar-refractivity contribution is -0.137. The Morgan fingerprint density at radius 1 is 1.30 bits per heavy atom. The average Bonchev–Trinajstić information content (AvgIpc) is 2.29. The van der Waals surface area contributed by atoms with Crippen LogP contribution in [0.2, 0.25) is 0 Å². The van der Waals surface area contributed by atoms with Crippen molar-refractivity contribution in [1.29, 1.82) is 0 Å². The van der Waals surface area contributed by atoms with Gasteiger partial charge in [0, 0.05) is 18.8 Å². The number of nitrogens with zero attached hydrogens (tertiary/aromatic N) is 2. The summed E-state index contributed by atoms with van der Waals surface area (Å²) in [7, 11) is 0. The molecule has 1 fully saturated rings. The molecule has 1 aromatic rings. The van der Waals surface area contributed by atoms with Gasteiger partial charge in [-0.25, -0.2) is 9.78 Å². The number of pyridine rings is 1. The molecule has 0 spiro atoms. The van der Waals surface area contributed by atoms with Crippen LogP contribution in [-0.2, 0) is 10.9 Å². The predicted octanol–water partition coefficient (Wildman–Crippen LogP) is 3.12. The van der Waals surface area contributed by atoms with Gasteiger partial charge in [0.15, 0.2) is 0 Å². The van der Waals surface area contributed by atoms with Gasteiger partial charge in [-0.3, -0.25) is 0 Å². The average molecular weight is 331 g/mol. The molecule has 23 heavy (non-hydrogen) atoms. The van der Waals surface area contributed by atoms with E-state index < -0.39 is 23.4 Å². The number of aromatic nitrogens is 1. The second kappa shape index (κ2) is 5.90. The third-order valence-corrected chi connectivity index (χ3v) is 3.19. The lowest BCUT2D eigenvalue weighted by atomic mass is 10.1. The molecule has 0 bridgehead atoms. The SMILES string of the molecule is Cc1cc(C(F)(F)F)cc(N2CC(NC(=O)OC(C)(C)C)C2)n1. The van der Waals surface area contributed by atoms with Gasteiger partial charge in [0.05, 0.1) is 11.6 Å². The van der Waals surface area contributed by atoms with Crippen LogP contribution in [0.25, 0.3) is 0 Å². The lowest BCUT2D eigenvalue weighted by Crippen LogP contribution is -2.60. The van der Waals surface area contributed by atoms with Crippen LogP contribution in [0.15, 0.2) is 12.1 Å². The van der Waals surface area contributed by atoms with Crippen LogP contribution in [0, 0.1) is 6.92 Å². The molecule has 8 heteroatoms. The Balaban J connectivity index is 1.95. The first-order valence-electron chi connectivity index (χ1n) is 7.24. The number of carbonyl (C=O) groups excluding carboxylic acids is 1. The van der Waals surface area contributed by atoms with Crippen molar-refractivity contribution in [2.45, 2.75) is 45.5 Å². The highest BCUT2D eigenvalue weighted by molar-refractivity contribution is 5.68. The van der Waals surface area contributed by atoms with Crippen molar-refractivity contribution in [2.24, 2.45) is 0 Å². The Labute approximate surface area is 132 Å². The molecule has 0 aliphatic carbocycles. The van der Waals surface area contributed by atoms with Gasteiger partial charge in [-0.15, -0.1) is 0 Å². The first kappa shape index (κ1) is 17.4. The van der Waals surface area contributed by atoms with Crippen molar-refractivity contribution in [1.82, 2.24) is 10.3 Å². The molecule has 2 rings (SSSR count). The summed E-state index contributed by atoms with van der Waals surface area (Å²) in [6.45, 7) is 7.59. The molecule has 0 atom stereocenters. The monoisotopic (exact) mass is 331 g/mol. The predicted molar refractivity (Wildman–Crippen MR) is 79.3 cm³/mol. The van der Waals surface area contributed by atoms with E-state index in [9.17, 15) is 18.0 Å². The van der Waals surface area contributed by atoms with E-state index in [1.165, 1.54) is 6.92 Å². The lowest BCUT2D eigenvalue weighted by Gasteiger charge is -2.40. The first-order valence-corrected chi connectivity index (χ1v) is 7.24. The van der Waals surface area contributed by atoms with Gasteiger partial charge < -0.3 is 15.0 Å². The summed E-state index contributed by atoms with van der Waals surface area (Å²) in [6, 6.07) is 1.87. The number of alkyl halides is 3. The maximum Gasteiger partial charge on any atom is 0.416 e. The fourth-order valence-electron chi connectivity index (χ4n) is 2.21. The molecular weight excluding hydrogens is 311 g/mol. The number of rotatable bonds is 2. The van der Waals surface area contributed by atoms with E-state index in [0.717, 1.165) is 12.1 Å². The van der Waals surface area contributed by atoms with Gasteiger partial charge in [0.1, 0.15) is 11.4 Å². The Morgan fingerprint density at radius 3 is 2.43 bits per heavy atom. The van der Waals surface area contributed by atoms with Crippen LogP contribution < -0.4 is 10.2 Å². The zero-order valence-electron chi connectivity index (χ0n) is 13.5. The van der Waals surface area contributed by atoms with Crippen molar-refractivity contribution in [2.75, 3.05) is 18.0 Å². The van der Waals surface area contributed by atoms with E-state index in [-0.39, 0.29) is 11.9 Å². The van der Waals surface area contributed by atoms with Crippen molar-refractivity contribution in [3.8, 4) is 0 Å². The number of alkyl carbamates (subject to hydrolysis) is 1. The van der Waals surface area contributed by atoms with Crippen LogP contribution >= 0.6 is 0 Å². The minimum atomic E-state index is -4.40. The number of nitrogens with one attached hydrogen (secondary N) is 1. The van der Waals surface area contributed by atoms with E-state index in [2.05, 4.69) is 10.3 Å². The van der Waals surface area contributed by atoms with Crippen molar-refractivity contribution in [3.05, 3.63) is 23.4 Å². The van der Waals surface area contributed by atoms with Crippen molar-refractivity contribution >= 4 is 11.9 Å². The first-order chi connectivity index (χ1) is 10.4.